The fraction of sp³-hybridized carbons (Fsp3) is 0.556. The Balaban J connectivity index is 0.00000210. The average Bonchev–Trinajstić information content (AvgIpc) is 3.20. The van der Waals surface area contributed by atoms with Gasteiger partial charge in [-0.1, -0.05) is 12.1 Å². The SMILES string of the molecule is CC1NCCCC1NC(=O)C1CCCN1C1=NS(=O)(=O)c2ccccc21.Cl. The Morgan fingerprint density at radius 2 is 2.04 bits per heavy atom. The molecular formula is C18H25ClN4O3S. The monoisotopic (exact) mass is 412 g/mol. The number of nitrogens with zero attached hydrogens (tertiary/aromatic N) is 2. The largest absolute Gasteiger partial charge is 0.350 e. The van der Waals surface area contributed by atoms with Gasteiger partial charge in [-0.3, -0.25) is 4.79 Å². The van der Waals surface area contributed by atoms with Gasteiger partial charge in [-0.25, -0.2) is 0 Å². The minimum absolute atomic E-state index is 0. The van der Waals surface area contributed by atoms with Gasteiger partial charge in [-0.2, -0.15) is 8.42 Å². The van der Waals surface area contributed by atoms with Crippen LogP contribution in [-0.4, -0.2) is 56.3 Å². The number of amidine groups is 1. The molecule has 1 amide bonds. The molecule has 1 aromatic rings. The number of carbonyl (C=O) groups is 1. The molecular weight excluding hydrogens is 388 g/mol. The second-order valence-electron chi connectivity index (χ2n) is 7.24. The van der Waals surface area contributed by atoms with E-state index in [0.717, 1.165) is 25.8 Å². The van der Waals surface area contributed by atoms with Crippen molar-refractivity contribution in [3.8, 4) is 0 Å². The Morgan fingerprint density at radius 1 is 1.26 bits per heavy atom. The van der Waals surface area contributed by atoms with Crippen molar-refractivity contribution in [3.05, 3.63) is 29.8 Å². The van der Waals surface area contributed by atoms with E-state index in [1.807, 2.05) is 4.90 Å². The molecule has 0 bridgehead atoms. The van der Waals surface area contributed by atoms with Crippen molar-refractivity contribution in [2.45, 2.75) is 55.6 Å². The molecule has 0 radical (unpaired) electrons. The lowest BCUT2D eigenvalue weighted by atomic mass is 9.99. The number of piperidine rings is 1. The second kappa shape index (κ2) is 7.77. The molecule has 3 aliphatic rings. The normalized spacial score (nSPS) is 28.9. The smallest absolute Gasteiger partial charge is 0.285 e. The van der Waals surface area contributed by atoms with Crippen LogP contribution in [-0.2, 0) is 14.8 Å². The highest BCUT2D eigenvalue weighted by Crippen LogP contribution is 2.31. The number of hydrogen-bond donors (Lipinski definition) is 2. The number of likely N-dealkylation sites (tertiary alicyclic amines) is 1. The van der Waals surface area contributed by atoms with Crippen molar-refractivity contribution in [1.82, 2.24) is 15.5 Å². The van der Waals surface area contributed by atoms with E-state index in [1.165, 1.54) is 0 Å². The molecule has 2 saturated heterocycles. The highest BCUT2D eigenvalue weighted by molar-refractivity contribution is 7.90. The summed E-state index contributed by atoms with van der Waals surface area (Å²) in [6.45, 7) is 3.70. The molecule has 2 fully saturated rings. The number of amides is 1. The molecule has 148 valence electrons. The van der Waals surface area contributed by atoms with E-state index < -0.39 is 10.0 Å². The van der Waals surface area contributed by atoms with Crippen molar-refractivity contribution in [2.24, 2.45) is 4.40 Å². The molecule has 1 aromatic carbocycles. The topological polar surface area (TPSA) is 90.9 Å². The highest BCUT2D eigenvalue weighted by atomic mass is 35.5. The third-order valence-electron chi connectivity index (χ3n) is 5.53. The lowest BCUT2D eigenvalue weighted by Crippen LogP contribution is -2.56. The maximum absolute atomic E-state index is 12.9. The van der Waals surface area contributed by atoms with Gasteiger partial charge < -0.3 is 15.5 Å². The van der Waals surface area contributed by atoms with E-state index in [1.54, 1.807) is 24.3 Å². The van der Waals surface area contributed by atoms with Crippen molar-refractivity contribution >= 4 is 34.2 Å². The molecule has 27 heavy (non-hydrogen) atoms. The molecule has 9 heteroatoms. The van der Waals surface area contributed by atoms with Crippen LogP contribution >= 0.6 is 12.4 Å². The number of carbonyl (C=O) groups excluding carboxylic acids is 1. The van der Waals surface area contributed by atoms with Gasteiger partial charge in [0.15, 0.2) is 5.84 Å². The van der Waals surface area contributed by atoms with Crippen LogP contribution in [0.3, 0.4) is 0 Å². The van der Waals surface area contributed by atoms with Gasteiger partial charge in [-0.15, -0.1) is 16.8 Å². The number of halogens is 1. The first-order valence-electron chi connectivity index (χ1n) is 9.22. The van der Waals surface area contributed by atoms with Crippen LogP contribution in [0.15, 0.2) is 33.6 Å². The van der Waals surface area contributed by atoms with Gasteiger partial charge in [0, 0.05) is 24.2 Å². The third kappa shape index (κ3) is 3.70. The maximum atomic E-state index is 12.9. The Kier molecular flexibility index (Phi) is 5.79. The summed E-state index contributed by atoms with van der Waals surface area (Å²) >= 11 is 0. The van der Waals surface area contributed by atoms with E-state index in [-0.39, 0.29) is 41.3 Å². The Hall–Kier alpha value is -1.64. The number of rotatable bonds is 2. The summed E-state index contributed by atoms with van der Waals surface area (Å²) in [5, 5.41) is 6.55. The third-order valence-corrected chi connectivity index (χ3v) is 6.85. The second-order valence-corrected chi connectivity index (χ2v) is 8.81. The van der Waals surface area contributed by atoms with Crippen LogP contribution in [0.5, 0.6) is 0 Å². The Morgan fingerprint density at radius 3 is 2.81 bits per heavy atom. The summed E-state index contributed by atoms with van der Waals surface area (Å²) in [5.41, 5.74) is 0.597. The van der Waals surface area contributed by atoms with Crippen LogP contribution in [0.4, 0.5) is 0 Å². The zero-order chi connectivity index (χ0) is 18.3. The molecule has 0 spiro atoms. The number of hydrogen-bond acceptors (Lipinski definition) is 5. The van der Waals surface area contributed by atoms with Crippen LogP contribution in [0, 0.1) is 0 Å². The number of nitrogens with one attached hydrogen (secondary N) is 2. The summed E-state index contributed by atoms with van der Waals surface area (Å²) < 4.78 is 28.7. The lowest BCUT2D eigenvalue weighted by Gasteiger charge is -2.33. The zero-order valence-corrected chi connectivity index (χ0v) is 16.9. The van der Waals surface area contributed by atoms with E-state index in [9.17, 15) is 13.2 Å². The van der Waals surface area contributed by atoms with Crippen LogP contribution in [0.1, 0.15) is 38.2 Å². The molecule has 4 rings (SSSR count). The lowest BCUT2D eigenvalue weighted by molar-refractivity contribution is -0.125. The maximum Gasteiger partial charge on any atom is 0.285 e. The minimum Gasteiger partial charge on any atom is -0.350 e. The van der Waals surface area contributed by atoms with E-state index in [2.05, 4.69) is 22.0 Å². The quantitative estimate of drug-likeness (QED) is 0.763. The van der Waals surface area contributed by atoms with Gasteiger partial charge >= 0.3 is 0 Å². The number of sulfonamides is 1. The molecule has 2 N–H and O–H groups in total. The van der Waals surface area contributed by atoms with Gasteiger partial charge in [0.2, 0.25) is 5.91 Å². The molecule has 7 nitrogen and oxygen atoms in total. The molecule has 3 aliphatic heterocycles. The fourth-order valence-corrected chi connectivity index (χ4v) is 5.33. The van der Waals surface area contributed by atoms with Gasteiger partial charge in [0.05, 0.1) is 0 Å². The minimum atomic E-state index is -3.67. The van der Waals surface area contributed by atoms with Crippen LogP contribution < -0.4 is 10.6 Å². The number of benzene rings is 1. The fourth-order valence-electron chi connectivity index (χ4n) is 4.11. The molecule has 3 heterocycles. The summed E-state index contributed by atoms with van der Waals surface area (Å²) in [7, 11) is -3.67. The van der Waals surface area contributed by atoms with Crippen molar-refractivity contribution < 1.29 is 13.2 Å². The zero-order valence-electron chi connectivity index (χ0n) is 15.2. The van der Waals surface area contributed by atoms with Crippen molar-refractivity contribution in [1.29, 1.82) is 0 Å². The Bertz CT molecular complexity index is 858. The first-order chi connectivity index (χ1) is 12.5. The predicted octanol–water partition coefficient (Wildman–Crippen LogP) is 1.28. The summed E-state index contributed by atoms with van der Waals surface area (Å²) in [4.78, 5) is 15.0. The molecule has 3 atom stereocenters. The van der Waals surface area contributed by atoms with Gasteiger partial charge in [0.25, 0.3) is 10.0 Å². The highest BCUT2D eigenvalue weighted by Gasteiger charge is 2.39. The van der Waals surface area contributed by atoms with Crippen molar-refractivity contribution in [2.75, 3.05) is 13.1 Å². The van der Waals surface area contributed by atoms with E-state index >= 15 is 0 Å². The van der Waals surface area contributed by atoms with Crippen molar-refractivity contribution in [3.63, 3.8) is 0 Å². The first-order valence-corrected chi connectivity index (χ1v) is 10.7. The van der Waals surface area contributed by atoms with Gasteiger partial charge in [0.1, 0.15) is 10.9 Å². The molecule has 0 saturated carbocycles. The first kappa shape index (κ1) is 20.1. The summed E-state index contributed by atoms with van der Waals surface area (Å²) in [6, 6.07) is 6.81. The molecule has 0 aromatic heterocycles. The summed E-state index contributed by atoms with van der Waals surface area (Å²) in [5.74, 6) is 0.376. The van der Waals surface area contributed by atoms with E-state index in [0.29, 0.717) is 24.4 Å². The standard InChI is InChI=1S/C18H24N4O3S.ClH/c1-12-14(7-4-10-19-12)20-18(23)15-8-5-11-22(15)17-13-6-2-3-9-16(13)26(24,25)21-17;/h2-3,6,9,12,14-15,19H,4-5,7-8,10-11H2,1H3,(H,20,23);1H. The molecule has 3 unspecified atom stereocenters. The Labute approximate surface area is 166 Å². The van der Waals surface area contributed by atoms with E-state index in [4.69, 9.17) is 0 Å². The summed E-state index contributed by atoms with van der Waals surface area (Å²) in [6.07, 6.45) is 3.56. The van der Waals surface area contributed by atoms with Gasteiger partial charge in [-0.05, 0) is 51.3 Å². The predicted molar refractivity (Wildman–Crippen MR) is 106 cm³/mol. The average molecular weight is 413 g/mol. The van der Waals surface area contributed by atoms with Crippen LogP contribution in [0.25, 0.3) is 0 Å². The van der Waals surface area contributed by atoms with Crippen LogP contribution in [0.2, 0.25) is 0 Å². The molecule has 0 aliphatic carbocycles. The number of fused-ring (bicyclic) bond motifs is 1.